The number of aromatic amines is 1. The molecule has 1 aliphatic heterocycles. The molecule has 0 spiro atoms. The number of rotatable bonds is 2. The van der Waals surface area contributed by atoms with Crippen LogP contribution < -0.4 is 5.56 Å². The number of aliphatic hydroxyl groups excluding tert-OH is 1. The lowest BCUT2D eigenvalue weighted by Crippen LogP contribution is -2.26. The molecule has 3 heterocycles. The van der Waals surface area contributed by atoms with Gasteiger partial charge in [-0.2, -0.15) is 0 Å². The Morgan fingerprint density at radius 2 is 2.37 bits per heavy atom. The van der Waals surface area contributed by atoms with Crippen LogP contribution in [0.4, 0.5) is 8.78 Å². The number of hydrogen-bond donors (Lipinski definition) is 2. The molecular formula is C10H10F2N4O3. The fourth-order valence-corrected chi connectivity index (χ4v) is 2.15. The number of aromatic nitrogens is 4. The summed E-state index contributed by atoms with van der Waals surface area (Å²) in [5.41, 5.74) is -0.523. The van der Waals surface area contributed by atoms with Crippen LogP contribution in [0.3, 0.4) is 0 Å². The first-order valence-electron chi connectivity index (χ1n) is 5.57. The van der Waals surface area contributed by atoms with Gasteiger partial charge in [-0.3, -0.25) is 9.36 Å². The van der Waals surface area contributed by atoms with Gasteiger partial charge < -0.3 is 14.8 Å². The summed E-state index contributed by atoms with van der Waals surface area (Å²) < 4.78 is 33.8. The lowest BCUT2D eigenvalue weighted by Gasteiger charge is -2.19. The largest absolute Gasteiger partial charge is 0.394 e. The van der Waals surface area contributed by atoms with Crippen LogP contribution in [-0.2, 0) is 4.74 Å². The highest BCUT2D eigenvalue weighted by Gasteiger charge is 2.51. The van der Waals surface area contributed by atoms with E-state index in [1.807, 2.05) is 0 Å². The van der Waals surface area contributed by atoms with Gasteiger partial charge in [0.25, 0.3) is 11.5 Å². The van der Waals surface area contributed by atoms with Gasteiger partial charge in [0.1, 0.15) is 0 Å². The van der Waals surface area contributed by atoms with Crippen LogP contribution >= 0.6 is 0 Å². The molecule has 19 heavy (non-hydrogen) atoms. The van der Waals surface area contributed by atoms with Crippen molar-refractivity contribution in [3.05, 3.63) is 23.0 Å². The van der Waals surface area contributed by atoms with Crippen molar-refractivity contribution in [1.29, 1.82) is 0 Å². The SMILES string of the molecule is O=c1[nH]cnc2c1ncn2[C@H]1O[C@H](CO)CC1(F)F. The van der Waals surface area contributed by atoms with Crippen LogP contribution in [0.5, 0.6) is 0 Å². The molecule has 7 nitrogen and oxygen atoms in total. The topological polar surface area (TPSA) is 93.0 Å². The number of imidazole rings is 1. The van der Waals surface area contributed by atoms with E-state index in [-0.39, 0.29) is 11.2 Å². The van der Waals surface area contributed by atoms with Crippen molar-refractivity contribution in [2.75, 3.05) is 6.61 Å². The Hall–Kier alpha value is -1.87. The van der Waals surface area contributed by atoms with Crippen LogP contribution in [-0.4, -0.2) is 43.3 Å². The third-order valence-electron chi connectivity index (χ3n) is 3.00. The average molecular weight is 272 g/mol. The third-order valence-corrected chi connectivity index (χ3v) is 3.00. The van der Waals surface area contributed by atoms with E-state index in [4.69, 9.17) is 9.84 Å². The van der Waals surface area contributed by atoms with Crippen molar-refractivity contribution in [3.63, 3.8) is 0 Å². The first-order valence-corrected chi connectivity index (χ1v) is 5.57. The fourth-order valence-electron chi connectivity index (χ4n) is 2.15. The summed E-state index contributed by atoms with van der Waals surface area (Å²) in [6.45, 7) is -0.493. The molecule has 102 valence electrons. The zero-order valence-corrected chi connectivity index (χ0v) is 9.58. The number of hydrogen-bond acceptors (Lipinski definition) is 5. The minimum atomic E-state index is -3.16. The molecular weight excluding hydrogens is 262 g/mol. The molecule has 1 fully saturated rings. The van der Waals surface area contributed by atoms with Gasteiger partial charge in [0.2, 0.25) is 6.23 Å². The second kappa shape index (κ2) is 4.07. The normalized spacial score (nSPS) is 26.1. The minimum Gasteiger partial charge on any atom is -0.394 e. The summed E-state index contributed by atoms with van der Waals surface area (Å²) in [6, 6.07) is 0. The number of alkyl halides is 2. The van der Waals surface area contributed by atoms with E-state index in [1.54, 1.807) is 0 Å². The molecule has 0 bridgehead atoms. The quantitative estimate of drug-likeness (QED) is 0.804. The van der Waals surface area contributed by atoms with E-state index in [0.717, 1.165) is 17.2 Å². The molecule has 0 aromatic carbocycles. The molecule has 2 aromatic rings. The van der Waals surface area contributed by atoms with Crippen molar-refractivity contribution < 1.29 is 18.6 Å². The Balaban J connectivity index is 2.10. The van der Waals surface area contributed by atoms with Gasteiger partial charge in [-0.25, -0.2) is 18.7 Å². The maximum atomic E-state index is 13.8. The van der Waals surface area contributed by atoms with Crippen LogP contribution in [0.25, 0.3) is 11.2 Å². The molecule has 0 amide bonds. The second-order valence-corrected chi connectivity index (χ2v) is 4.31. The third kappa shape index (κ3) is 1.81. The average Bonchev–Trinajstić information content (AvgIpc) is 2.90. The summed E-state index contributed by atoms with van der Waals surface area (Å²) in [5, 5.41) is 8.92. The number of ether oxygens (including phenoxy) is 1. The predicted molar refractivity (Wildman–Crippen MR) is 58.7 cm³/mol. The highest BCUT2D eigenvalue weighted by atomic mass is 19.3. The molecule has 9 heteroatoms. The summed E-state index contributed by atoms with van der Waals surface area (Å²) in [7, 11) is 0. The van der Waals surface area contributed by atoms with Crippen molar-refractivity contribution in [2.45, 2.75) is 24.7 Å². The molecule has 0 saturated carbocycles. The van der Waals surface area contributed by atoms with Gasteiger partial charge >= 0.3 is 0 Å². The van der Waals surface area contributed by atoms with Crippen LogP contribution in [0.15, 0.2) is 17.4 Å². The number of aliphatic hydroxyl groups is 1. The Bertz CT molecular complexity index is 668. The van der Waals surface area contributed by atoms with Gasteiger partial charge in [-0.05, 0) is 0 Å². The minimum absolute atomic E-state index is 0.0204. The molecule has 2 atom stereocenters. The van der Waals surface area contributed by atoms with Gasteiger partial charge in [-0.1, -0.05) is 0 Å². The van der Waals surface area contributed by atoms with Crippen LogP contribution in [0.1, 0.15) is 12.6 Å². The molecule has 2 N–H and O–H groups in total. The molecule has 0 unspecified atom stereocenters. The Morgan fingerprint density at radius 1 is 1.58 bits per heavy atom. The molecule has 2 aromatic heterocycles. The van der Waals surface area contributed by atoms with E-state index in [0.29, 0.717) is 0 Å². The van der Waals surface area contributed by atoms with Gasteiger partial charge in [0, 0.05) is 6.42 Å². The second-order valence-electron chi connectivity index (χ2n) is 4.31. The first kappa shape index (κ1) is 12.2. The molecule has 1 saturated heterocycles. The zero-order valence-electron chi connectivity index (χ0n) is 9.58. The zero-order chi connectivity index (χ0) is 13.6. The molecule has 3 rings (SSSR count). The van der Waals surface area contributed by atoms with E-state index in [1.165, 1.54) is 0 Å². The Kier molecular flexibility index (Phi) is 2.61. The van der Waals surface area contributed by atoms with Crippen LogP contribution in [0, 0.1) is 0 Å². The summed E-state index contributed by atoms with van der Waals surface area (Å²) in [4.78, 5) is 21.3. The van der Waals surface area contributed by atoms with Gasteiger partial charge in [0.05, 0.1) is 25.4 Å². The van der Waals surface area contributed by atoms with Crippen molar-refractivity contribution in [3.8, 4) is 0 Å². The smallest absolute Gasteiger partial charge is 0.295 e. The maximum absolute atomic E-state index is 13.8. The van der Waals surface area contributed by atoms with E-state index < -0.39 is 36.8 Å². The summed E-state index contributed by atoms with van der Waals surface area (Å²) >= 11 is 0. The number of H-pyrrole nitrogens is 1. The number of nitrogens with one attached hydrogen (secondary N) is 1. The lowest BCUT2D eigenvalue weighted by atomic mass is 10.2. The monoisotopic (exact) mass is 272 g/mol. The van der Waals surface area contributed by atoms with Crippen molar-refractivity contribution >= 4 is 11.2 Å². The highest BCUT2D eigenvalue weighted by molar-refractivity contribution is 5.68. The molecule has 1 aliphatic rings. The lowest BCUT2D eigenvalue weighted by molar-refractivity contribution is -0.116. The number of halogens is 2. The molecule has 0 radical (unpaired) electrons. The summed E-state index contributed by atoms with van der Waals surface area (Å²) in [6.07, 6.45) is -0.953. The standard InChI is InChI=1S/C10H10F2N4O3/c11-10(12)1-5(2-17)19-9(10)16-4-15-6-7(16)13-3-14-8(6)18/h3-5,9,17H,1-2H2,(H,13,14,18)/t5-,9-/m0/s1. The van der Waals surface area contributed by atoms with Crippen LogP contribution in [0.2, 0.25) is 0 Å². The van der Waals surface area contributed by atoms with E-state index >= 15 is 0 Å². The van der Waals surface area contributed by atoms with Gasteiger partial charge in [0.15, 0.2) is 11.2 Å². The first-order chi connectivity index (χ1) is 9.03. The Labute approximate surface area is 104 Å². The fraction of sp³-hybridized carbons (Fsp3) is 0.500. The van der Waals surface area contributed by atoms with Gasteiger partial charge in [-0.15, -0.1) is 0 Å². The van der Waals surface area contributed by atoms with E-state index in [9.17, 15) is 13.6 Å². The number of fused-ring (bicyclic) bond motifs is 1. The van der Waals surface area contributed by atoms with Crippen molar-refractivity contribution in [2.24, 2.45) is 0 Å². The predicted octanol–water partition coefficient (Wildman–Crippen LogP) is 0.0347. The maximum Gasteiger partial charge on any atom is 0.295 e. The molecule has 0 aliphatic carbocycles. The van der Waals surface area contributed by atoms with Crippen molar-refractivity contribution in [1.82, 2.24) is 19.5 Å². The summed E-state index contributed by atoms with van der Waals surface area (Å²) in [5.74, 6) is -3.16. The number of nitrogens with zero attached hydrogens (tertiary/aromatic N) is 3. The highest BCUT2D eigenvalue weighted by Crippen LogP contribution is 2.42. The van der Waals surface area contributed by atoms with E-state index in [2.05, 4.69) is 15.0 Å². The Morgan fingerprint density at radius 3 is 3.05 bits per heavy atom.